The number of hydrogen-bond donors (Lipinski definition) is 0. The Bertz CT molecular complexity index is 740. The van der Waals surface area contributed by atoms with Crippen molar-refractivity contribution < 1.29 is 9.15 Å². The molecule has 118 valence electrons. The van der Waals surface area contributed by atoms with Crippen molar-refractivity contribution in [2.24, 2.45) is 0 Å². The summed E-state index contributed by atoms with van der Waals surface area (Å²) in [6.07, 6.45) is 1.73. The lowest BCUT2D eigenvalue weighted by Crippen LogP contribution is -2.00. The predicted molar refractivity (Wildman–Crippen MR) is 94.8 cm³/mol. The molecule has 0 atom stereocenters. The number of benzene rings is 2. The van der Waals surface area contributed by atoms with Gasteiger partial charge >= 0.3 is 0 Å². The van der Waals surface area contributed by atoms with Crippen LogP contribution in [0, 0.1) is 6.92 Å². The first-order chi connectivity index (χ1) is 11.3. The minimum Gasteiger partial charge on any atom is -0.493 e. The van der Waals surface area contributed by atoms with Crippen LogP contribution in [0.3, 0.4) is 0 Å². The molecule has 0 spiro atoms. The van der Waals surface area contributed by atoms with Gasteiger partial charge in [0.05, 0.1) is 12.3 Å². The van der Waals surface area contributed by atoms with Crippen LogP contribution in [0.25, 0.3) is 11.5 Å². The molecule has 1 heterocycles. The maximum absolute atomic E-state index is 5.73. The van der Waals surface area contributed by atoms with Gasteiger partial charge in [-0.05, 0) is 36.8 Å². The Morgan fingerprint density at radius 1 is 1.09 bits per heavy atom. The normalized spacial score (nSPS) is 10.7. The zero-order chi connectivity index (χ0) is 15.9. The number of hydrogen-bond acceptors (Lipinski definition) is 4. The second-order valence-electron chi connectivity index (χ2n) is 5.23. The lowest BCUT2D eigenvalue weighted by atomic mass is 10.2. The summed E-state index contributed by atoms with van der Waals surface area (Å²) >= 11 is 1.79. The van der Waals surface area contributed by atoms with Crippen molar-refractivity contribution in [2.45, 2.75) is 12.7 Å². The number of aromatic nitrogens is 1. The van der Waals surface area contributed by atoms with Crippen LogP contribution in [-0.2, 0) is 5.75 Å². The molecule has 0 amide bonds. The third kappa shape index (κ3) is 4.63. The van der Waals surface area contributed by atoms with Gasteiger partial charge in [0.25, 0.3) is 0 Å². The molecule has 0 saturated heterocycles. The van der Waals surface area contributed by atoms with Crippen molar-refractivity contribution in [1.82, 2.24) is 4.98 Å². The van der Waals surface area contributed by atoms with Gasteiger partial charge in [0, 0.05) is 17.1 Å². The lowest BCUT2D eigenvalue weighted by molar-refractivity contribution is 0.343. The minimum atomic E-state index is 0.678. The summed E-state index contributed by atoms with van der Waals surface area (Å²) in [5.41, 5.74) is 3.18. The molecule has 3 aromatic rings. The molecule has 0 bridgehead atoms. The van der Waals surface area contributed by atoms with Crippen molar-refractivity contribution in [3.05, 3.63) is 72.1 Å². The number of aryl methyl sites for hydroxylation is 1. The Balaban J connectivity index is 1.42. The summed E-state index contributed by atoms with van der Waals surface area (Å²) < 4.78 is 11.3. The van der Waals surface area contributed by atoms with E-state index in [1.54, 1.807) is 18.0 Å². The highest BCUT2D eigenvalue weighted by Gasteiger charge is 2.06. The molecule has 0 fully saturated rings. The topological polar surface area (TPSA) is 35.3 Å². The highest BCUT2D eigenvalue weighted by Crippen LogP contribution is 2.20. The van der Waals surface area contributed by atoms with Gasteiger partial charge in [0.1, 0.15) is 12.0 Å². The fourth-order valence-corrected chi connectivity index (χ4v) is 2.87. The van der Waals surface area contributed by atoms with Crippen molar-refractivity contribution in [3.8, 4) is 17.2 Å². The van der Waals surface area contributed by atoms with Crippen LogP contribution >= 0.6 is 11.8 Å². The van der Waals surface area contributed by atoms with Crippen LogP contribution in [0.2, 0.25) is 0 Å². The zero-order valence-corrected chi connectivity index (χ0v) is 13.9. The molecule has 23 heavy (non-hydrogen) atoms. The number of nitrogens with zero attached hydrogens (tertiary/aromatic N) is 1. The van der Waals surface area contributed by atoms with Gasteiger partial charge in [-0.1, -0.05) is 30.3 Å². The molecule has 1 aromatic heterocycles. The van der Waals surface area contributed by atoms with Crippen molar-refractivity contribution in [1.29, 1.82) is 0 Å². The maximum atomic E-state index is 5.73. The van der Waals surface area contributed by atoms with Gasteiger partial charge in [-0.2, -0.15) is 11.8 Å². The van der Waals surface area contributed by atoms with Crippen LogP contribution in [0.4, 0.5) is 0 Å². The van der Waals surface area contributed by atoms with E-state index in [1.165, 1.54) is 5.56 Å². The van der Waals surface area contributed by atoms with Crippen LogP contribution in [0.15, 0.2) is 65.3 Å². The van der Waals surface area contributed by atoms with Crippen LogP contribution in [0.1, 0.15) is 11.3 Å². The molecule has 0 aliphatic heterocycles. The SMILES string of the molecule is Cc1cccc(OCCSCc2coc(-c3ccccc3)n2)c1. The average Bonchev–Trinajstić information content (AvgIpc) is 3.04. The van der Waals surface area contributed by atoms with Gasteiger partial charge in [-0.15, -0.1) is 0 Å². The third-order valence-electron chi connectivity index (χ3n) is 3.31. The van der Waals surface area contributed by atoms with Gasteiger partial charge in [0.15, 0.2) is 0 Å². The molecule has 0 aliphatic carbocycles. The molecule has 3 rings (SSSR count). The Kier molecular flexibility index (Phi) is 5.37. The van der Waals surface area contributed by atoms with E-state index in [0.717, 1.165) is 28.5 Å². The van der Waals surface area contributed by atoms with E-state index in [0.29, 0.717) is 12.5 Å². The standard InChI is InChI=1S/C19H19NO2S/c1-15-6-5-9-18(12-15)21-10-11-23-14-17-13-22-19(20-17)16-7-3-2-4-8-16/h2-9,12-13H,10-11,14H2,1H3. The largest absolute Gasteiger partial charge is 0.493 e. The summed E-state index contributed by atoms with van der Waals surface area (Å²) in [4.78, 5) is 4.52. The van der Waals surface area contributed by atoms with Crippen molar-refractivity contribution in [3.63, 3.8) is 0 Å². The zero-order valence-electron chi connectivity index (χ0n) is 13.1. The Labute approximate surface area is 140 Å². The highest BCUT2D eigenvalue weighted by molar-refractivity contribution is 7.98. The third-order valence-corrected chi connectivity index (χ3v) is 4.26. The van der Waals surface area contributed by atoms with Crippen molar-refractivity contribution >= 4 is 11.8 Å². The van der Waals surface area contributed by atoms with E-state index >= 15 is 0 Å². The van der Waals surface area contributed by atoms with E-state index in [-0.39, 0.29) is 0 Å². The fraction of sp³-hybridized carbons (Fsp3) is 0.211. The van der Waals surface area contributed by atoms with E-state index < -0.39 is 0 Å². The van der Waals surface area contributed by atoms with Crippen LogP contribution in [-0.4, -0.2) is 17.3 Å². The molecular formula is C19H19NO2S. The second kappa shape index (κ2) is 7.88. The Morgan fingerprint density at radius 3 is 2.78 bits per heavy atom. The minimum absolute atomic E-state index is 0.678. The highest BCUT2D eigenvalue weighted by atomic mass is 32.2. The fourth-order valence-electron chi connectivity index (χ4n) is 2.19. The van der Waals surface area contributed by atoms with Crippen LogP contribution < -0.4 is 4.74 Å². The number of oxazole rings is 1. The lowest BCUT2D eigenvalue weighted by Gasteiger charge is -2.06. The molecule has 2 aromatic carbocycles. The molecule has 0 saturated carbocycles. The molecule has 0 unspecified atom stereocenters. The van der Waals surface area contributed by atoms with E-state index in [1.807, 2.05) is 42.5 Å². The summed E-state index contributed by atoms with van der Waals surface area (Å²) in [5, 5.41) is 0. The smallest absolute Gasteiger partial charge is 0.226 e. The summed E-state index contributed by atoms with van der Waals surface area (Å²) in [6, 6.07) is 18.1. The number of rotatable bonds is 7. The summed E-state index contributed by atoms with van der Waals surface area (Å²) in [6.45, 7) is 2.76. The van der Waals surface area contributed by atoms with Gasteiger partial charge in [-0.3, -0.25) is 0 Å². The Morgan fingerprint density at radius 2 is 1.96 bits per heavy atom. The first-order valence-electron chi connectivity index (χ1n) is 7.58. The van der Waals surface area contributed by atoms with E-state index in [2.05, 4.69) is 24.0 Å². The quantitative estimate of drug-likeness (QED) is 0.575. The van der Waals surface area contributed by atoms with Gasteiger partial charge < -0.3 is 9.15 Å². The van der Waals surface area contributed by atoms with Crippen molar-refractivity contribution in [2.75, 3.05) is 12.4 Å². The maximum Gasteiger partial charge on any atom is 0.226 e. The molecular weight excluding hydrogens is 306 g/mol. The van der Waals surface area contributed by atoms with Gasteiger partial charge in [-0.25, -0.2) is 4.98 Å². The van der Waals surface area contributed by atoms with E-state index in [9.17, 15) is 0 Å². The number of thioether (sulfide) groups is 1. The van der Waals surface area contributed by atoms with Crippen LogP contribution in [0.5, 0.6) is 5.75 Å². The molecule has 0 aliphatic rings. The summed E-state index contributed by atoms with van der Waals surface area (Å²) in [7, 11) is 0. The van der Waals surface area contributed by atoms with Gasteiger partial charge in [0.2, 0.25) is 5.89 Å². The molecule has 0 radical (unpaired) electrons. The molecule has 4 heteroatoms. The predicted octanol–water partition coefficient (Wildman–Crippen LogP) is 4.96. The average molecular weight is 325 g/mol. The first kappa shape index (κ1) is 15.7. The molecule has 0 N–H and O–H groups in total. The second-order valence-corrected chi connectivity index (χ2v) is 6.33. The first-order valence-corrected chi connectivity index (χ1v) is 8.74. The molecule has 3 nitrogen and oxygen atoms in total. The van der Waals surface area contributed by atoms with E-state index in [4.69, 9.17) is 9.15 Å². The number of ether oxygens (including phenoxy) is 1. The monoisotopic (exact) mass is 325 g/mol. The Hall–Kier alpha value is -2.20. The summed E-state index contributed by atoms with van der Waals surface area (Å²) in [5.74, 6) is 3.35.